The predicted octanol–water partition coefficient (Wildman–Crippen LogP) is 3.48. The molecule has 1 heterocycles. The maximum atomic E-state index is 6.40. The summed E-state index contributed by atoms with van der Waals surface area (Å²) in [5.41, 5.74) is 17.7. The third kappa shape index (κ3) is 6.24. The average Bonchev–Trinajstić information content (AvgIpc) is 2.36. The van der Waals surface area contributed by atoms with Gasteiger partial charge in [-0.1, -0.05) is 19.7 Å². The summed E-state index contributed by atoms with van der Waals surface area (Å²) < 4.78 is 0. The van der Waals surface area contributed by atoms with E-state index in [-0.39, 0.29) is 28.2 Å². The van der Waals surface area contributed by atoms with Crippen LogP contribution >= 0.6 is 0 Å². The lowest BCUT2D eigenvalue weighted by Crippen LogP contribution is -2.63. The molecule has 1 atom stereocenters. The molecule has 0 aromatic heterocycles. The van der Waals surface area contributed by atoms with Gasteiger partial charge in [-0.2, -0.15) is 0 Å². The maximum absolute atomic E-state index is 6.40. The number of hydrogen-bond donors (Lipinski definition) is 3. The fraction of sp³-hybridized carbons (Fsp3) is 0.739. The lowest BCUT2D eigenvalue weighted by Gasteiger charge is -2.59. The van der Waals surface area contributed by atoms with E-state index in [4.69, 9.17) is 17.2 Å². The first-order valence-corrected chi connectivity index (χ1v) is 10.5. The minimum Gasteiger partial charge on any atom is -0.326 e. The summed E-state index contributed by atoms with van der Waals surface area (Å²) in [7, 11) is 0. The fourth-order valence-electron chi connectivity index (χ4n) is 5.07. The third-order valence-electron chi connectivity index (χ3n) is 5.11. The van der Waals surface area contributed by atoms with Crippen LogP contribution in [0.15, 0.2) is 37.2 Å². The van der Waals surface area contributed by atoms with Crippen LogP contribution in [0.25, 0.3) is 0 Å². The normalized spacial score (nSPS) is 18.6. The highest BCUT2D eigenvalue weighted by Gasteiger charge is 2.46. The van der Waals surface area contributed by atoms with Gasteiger partial charge in [0.05, 0.1) is 0 Å². The van der Waals surface area contributed by atoms with Crippen LogP contribution in [0.1, 0.15) is 75.2 Å². The number of rotatable bonds is 8. The van der Waals surface area contributed by atoms with Crippen LogP contribution in [-0.2, 0) is 0 Å². The maximum Gasteiger partial charge on any atom is 0.109 e. The van der Waals surface area contributed by atoms with Gasteiger partial charge in [0.25, 0.3) is 0 Å². The molecule has 0 radical (unpaired) electrons. The van der Waals surface area contributed by atoms with Gasteiger partial charge >= 0.3 is 0 Å². The molecule has 6 N–H and O–H groups in total. The van der Waals surface area contributed by atoms with Crippen molar-refractivity contribution in [2.45, 2.75) is 103 Å². The van der Waals surface area contributed by atoms with E-state index >= 15 is 0 Å². The quantitative estimate of drug-likeness (QED) is 0.572. The molecule has 1 fully saturated rings. The Hall–Kier alpha value is -1.50. The van der Waals surface area contributed by atoms with E-state index in [1.165, 1.54) is 0 Å². The highest BCUT2D eigenvalue weighted by Crippen LogP contribution is 2.44. The second-order valence-corrected chi connectivity index (χ2v) is 11.5. The molecule has 1 unspecified atom stereocenters. The van der Waals surface area contributed by atoms with Crippen molar-refractivity contribution in [2.75, 3.05) is 6.54 Å². The molecule has 6 nitrogen and oxygen atoms in total. The van der Waals surface area contributed by atoms with E-state index in [1.807, 2.05) is 34.6 Å². The van der Waals surface area contributed by atoms with Gasteiger partial charge in [0.15, 0.2) is 0 Å². The summed E-state index contributed by atoms with van der Waals surface area (Å²) in [6, 6.07) is -0.0401. The SMILES string of the molecule is C=C1N(CC(C)N)C(=C)N(C(C)(C)CC(C)(C)N)C(=C)N1C(C)(C)CC(C)(C)N. The summed E-state index contributed by atoms with van der Waals surface area (Å²) >= 11 is 0. The van der Waals surface area contributed by atoms with Crippen LogP contribution in [0.4, 0.5) is 0 Å². The molecule has 0 bridgehead atoms. The fourth-order valence-corrected chi connectivity index (χ4v) is 5.07. The molecule has 0 aromatic rings. The van der Waals surface area contributed by atoms with E-state index < -0.39 is 0 Å². The topological polar surface area (TPSA) is 87.8 Å². The Morgan fingerprint density at radius 1 is 0.724 bits per heavy atom. The monoisotopic (exact) mass is 406 g/mol. The van der Waals surface area contributed by atoms with Gasteiger partial charge in [-0.3, -0.25) is 0 Å². The summed E-state index contributed by atoms with van der Waals surface area (Å²) in [5.74, 6) is 2.49. The van der Waals surface area contributed by atoms with E-state index in [1.54, 1.807) is 0 Å². The third-order valence-corrected chi connectivity index (χ3v) is 5.11. The van der Waals surface area contributed by atoms with Gasteiger partial charge in [-0.15, -0.1) is 0 Å². The van der Waals surface area contributed by atoms with Crippen LogP contribution < -0.4 is 17.2 Å². The molecule has 0 aromatic carbocycles. The molecule has 0 aliphatic carbocycles. The van der Waals surface area contributed by atoms with Crippen LogP contribution in [0.2, 0.25) is 0 Å². The largest absolute Gasteiger partial charge is 0.326 e. The molecule has 1 aliphatic heterocycles. The summed E-state index contributed by atoms with van der Waals surface area (Å²) in [4.78, 5) is 6.46. The zero-order valence-electron chi connectivity index (χ0n) is 20.4. The number of nitrogens with zero attached hydrogens (tertiary/aromatic N) is 3. The molecule has 0 spiro atoms. The van der Waals surface area contributed by atoms with Gasteiger partial charge in [0, 0.05) is 34.7 Å². The molecular formula is C23H46N6. The minimum absolute atomic E-state index is 0.0401. The van der Waals surface area contributed by atoms with Crippen LogP contribution in [0.5, 0.6) is 0 Å². The van der Waals surface area contributed by atoms with Gasteiger partial charge in [-0.25, -0.2) is 0 Å². The Labute approximate surface area is 179 Å². The Morgan fingerprint density at radius 2 is 1.03 bits per heavy atom. The summed E-state index contributed by atoms with van der Waals surface area (Å²) in [6.45, 7) is 32.7. The van der Waals surface area contributed by atoms with Gasteiger partial charge in [-0.05, 0) is 75.2 Å². The molecular weight excluding hydrogens is 360 g/mol. The lowest BCUT2D eigenvalue weighted by molar-refractivity contribution is 0.00428. The van der Waals surface area contributed by atoms with Crippen molar-refractivity contribution in [3.63, 3.8) is 0 Å². The zero-order valence-corrected chi connectivity index (χ0v) is 20.4. The Bertz CT molecular complexity index is 595. The summed E-state index contributed by atoms with van der Waals surface area (Å²) in [5, 5.41) is 0. The van der Waals surface area contributed by atoms with Gasteiger partial charge < -0.3 is 31.9 Å². The first-order chi connectivity index (χ1) is 12.7. The van der Waals surface area contributed by atoms with Gasteiger partial charge in [0.2, 0.25) is 0 Å². The first kappa shape index (κ1) is 25.5. The first-order valence-electron chi connectivity index (χ1n) is 10.5. The predicted molar refractivity (Wildman–Crippen MR) is 125 cm³/mol. The molecule has 0 saturated carbocycles. The highest BCUT2D eigenvalue weighted by atomic mass is 15.6. The lowest BCUT2D eigenvalue weighted by atomic mass is 9.84. The molecule has 29 heavy (non-hydrogen) atoms. The zero-order chi connectivity index (χ0) is 23.2. The molecule has 168 valence electrons. The van der Waals surface area contributed by atoms with Crippen LogP contribution in [0, 0.1) is 0 Å². The smallest absolute Gasteiger partial charge is 0.109 e. The average molecular weight is 407 g/mol. The standard InChI is InChI=1S/C23H46N6/c1-16(24)13-27-17(2)28(22(9,10)14-20(5,6)25)19(4)29(18(27)3)23(11,12)15-21(7,8)26/h16H,2-4,13-15,24-26H2,1,5-12H3. The number of hydrogen-bond acceptors (Lipinski definition) is 6. The molecule has 1 aliphatic rings. The number of nitrogens with two attached hydrogens (primary N) is 3. The van der Waals surface area contributed by atoms with E-state index in [2.05, 4.69) is 62.1 Å². The van der Waals surface area contributed by atoms with Crippen molar-refractivity contribution in [1.82, 2.24) is 14.7 Å². The molecule has 6 heteroatoms. The van der Waals surface area contributed by atoms with Crippen LogP contribution in [0.3, 0.4) is 0 Å². The second kappa shape index (κ2) is 7.97. The van der Waals surface area contributed by atoms with Crippen LogP contribution in [-0.4, -0.2) is 49.4 Å². The highest BCUT2D eigenvalue weighted by molar-refractivity contribution is 5.27. The van der Waals surface area contributed by atoms with Crippen molar-refractivity contribution in [3.8, 4) is 0 Å². The van der Waals surface area contributed by atoms with E-state index in [9.17, 15) is 0 Å². The van der Waals surface area contributed by atoms with E-state index in [0.29, 0.717) is 6.54 Å². The molecule has 1 rings (SSSR count). The van der Waals surface area contributed by atoms with Crippen molar-refractivity contribution < 1.29 is 0 Å². The van der Waals surface area contributed by atoms with Crippen molar-refractivity contribution in [3.05, 3.63) is 37.2 Å². The van der Waals surface area contributed by atoms with Gasteiger partial charge in [0.1, 0.15) is 17.5 Å². The second-order valence-electron chi connectivity index (χ2n) is 11.5. The van der Waals surface area contributed by atoms with Crippen molar-refractivity contribution in [2.24, 2.45) is 17.2 Å². The van der Waals surface area contributed by atoms with Crippen molar-refractivity contribution in [1.29, 1.82) is 0 Å². The Morgan fingerprint density at radius 3 is 1.28 bits per heavy atom. The minimum atomic E-state index is -0.343. The Kier molecular flexibility index (Phi) is 7.02. The van der Waals surface area contributed by atoms with Crippen molar-refractivity contribution >= 4 is 0 Å². The molecule has 0 amide bonds. The van der Waals surface area contributed by atoms with E-state index in [0.717, 1.165) is 30.3 Å². The summed E-state index contributed by atoms with van der Waals surface area (Å²) in [6.07, 6.45) is 1.51. The Balaban J connectivity index is 3.52. The molecule has 1 saturated heterocycles.